The van der Waals surface area contributed by atoms with Crippen molar-refractivity contribution in [3.63, 3.8) is 0 Å². The standard InChI is InChI=1S/C10H12F2N2O/c1-14-10(13)15-6-9(12)7-4-2-3-5-8(7)11/h2-5,9H,6H2,1H3,(H2,13,14). The normalized spacial score (nSPS) is 13.7. The van der Waals surface area contributed by atoms with Gasteiger partial charge in [0.25, 0.3) is 6.02 Å². The maximum atomic E-state index is 13.4. The number of alkyl halides is 1. The molecule has 0 bridgehead atoms. The van der Waals surface area contributed by atoms with Crippen LogP contribution in [0.15, 0.2) is 29.3 Å². The van der Waals surface area contributed by atoms with Gasteiger partial charge in [-0.2, -0.15) is 0 Å². The van der Waals surface area contributed by atoms with Gasteiger partial charge in [0.2, 0.25) is 0 Å². The molecule has 0 saturated carbocycles. The van der Waals surface area contributed by atoms with Crippen molar-refractivity contribution in [3.05, 3.63) is 35.6 Å². The van der Waals surface area contributed by atoms with E-state index < -0.39 is 12.0 Å². The van der Waals surface area contributed by atoms with E-state index in [1.165, 1.54) is 25.2 Å². The van der Waals surface area contributed by atoms with Gasteiger partial charge in [-0.1, -0.05) is 18.2 Å². The van der Waals surface area contributed by atoms with Gasteiger partial charge in [0, 0.05) is 12.6 Å². The van der Waals surface area contributed by atoms with Crippen molar-refractivity contribution in [1.82, 2.24) is 0 Å². The quantitative estimate of drug-likeness (QED) is 0.616. The van der Waals surface area contributed by atoms with Crippen molar-refractivity contribution in [3.8, 4) is 0 Å². The first-order valence-electron chi connectivity index (χ1n) is 4.38. The van der Waals surface area contributed by atoms with Crippen molar-refractivity contribution >= 4 is 6.02 Å². The van der Waals surface area contributed by atoms with E-state index >= 15 is 0 Å². The van der Waals surface area contributed by atoms with Crippen LogP contribution < -0.4 is 5.73 Å². The summed E-state index contributed by atoms with van der Waals surface area (Å²) in [6.07, 6.45) is -1.55. The predicted octanol–water partition coefficient (Wildman–Crippen LogP) is 1.80. The van der Waals surface area contributed by atoms with Gasteiger partial charge in [-0.05, 0) is 6.07 Å². The lowest BCUT2D eigenvalue weighted by Crippen LogP contribution is -2.19. The zero-order valence-electron chi connectivity index (χ0n) is 8.28. The Morgan fingerprint density at radius 3 is 2.80 bits per heavy atom. The lowest BCUT2D eigenvalue weighted by molar-refractivity contribution is 0.183. The van der Waals surface area contributed by atoms with Crippen molar-refractivity contribution < 1.29 is 13.5 Å². The Bertz CT molecular complexity index is 355. The minimum Gasteiger partial charge on any atom is -0.462 e. The molecule has 1 atom stereocenters. The fourth-order valence-electron chi connectivity index (χ4n) is 1.04. The number of aliphatic imine (C=N–C) groups is 1. The molecule has 1 unspecified atom stereocenters. The predicted molar refractivity (Wildman–Crippen MR) is 53.7 cm³/mol. The zero-order valence-corrected chi connectivity index (χ0v) is 8.28. The third-order valence-electron chi connectivity index (χ3n) is 1.84. The Morgan fingerprint density at radius 2 is 2.20 bits per heavy atom. The van der Waals surface area contributed by atoms with Crippen LogP contribution in [0.4, 0.5) is 8.78 Å². The largest absolute Gasteiger partial charge is 0.462 e. The van der Waals surface area contributed by atoms with Crippen molar-refractivity contribution in [1.29, 1.82) is 0 Å². The number of amidine groups is 1. The SMILES string of the molecule is CN=C(N)OCC(F)c1ccccc1F. The molecule has 1 aromatic rings. The van der Waals surface area contributed by atoms with Crippen LogP contribution in [-0.4, -0.2) is 19.7 Å². The number of ether oxygens (including phenoxy) is 1. The van der Waals surface area contributed by atoms with Crippen LogP contribution in [0.1, 0.15) is 11.7 Å². The van der Waals surface area contributed by atoms with Gasteiger partial charge >= 0.3 is 0 Å². The van der Waals surface area contributed by atoms with E-state index in [1.807, 2.05) is 0 Å². The zero-order chi connectivity index (χ0) is 11.3. The van der Waals surface area contributed by atoms with Crippen LogP contribution in [-0.2, 0) is 4.74 Å². The first-order valence-corrected chi connectivity index (χ1v) is 4.38. The van der Waals surface area contributed by atoms with Gasteiger partial charge in [-0.3, -0.25) is 0 Å². The molecule has 0 aliphatic rings. The average Bonchev–Trinajstić information content (AvgIpc) is 2.26. The molecule has 2 N–H and O–H groups in total. The number of nitrogens with two attached hydrogens (primary N) is 1. The molecule has 15 heavy (non-hydrogen) atoms. The molecule has 0 spiro atoms. The summed E-state index contributed by atoms with van der Waals surface area (Å²) in [5, 5.41) is 0. The maximum Gasteiger partial charge on any atom is 0.281 e. The number of benzene rings is 1. The molecule has 1 rings (SSSR count). The highest BCUT2D eigenvalue weighted by atomic mass is 19.1. The van der Waals surface area contributed by atoms with Crippen molar-refractivity contribution in [2.45, 2.75) is 6.17 Å². The summed E-state index contributed by atoms with van der Waals surface area (Å²) in [4.78, 5) is 3.49. The minimum absolute atomic E-state index is 0.0404. The first-order chi connectivity index (χ1) is 7.15. The Balaban J connectivity index is 2.61. The van der Waals surface area contributed by atoms with Crippen LogP contribution in [0, 0.1) is 5.82 Å². The van der Waals surface area contributed by atoms with Crippen LogP contribution in [0.2, 0.25) is 0 Å². The molecule has 1 aromatic carbocycles. The lowest BCUT2D eigenvalue weighted by Gasteiger charge is -2.10. The van der Waals surface area contributed by atoms with Gasteiger partial charge in [0.1, 0.15) is 12.4 Å². The number of rotatable bonds is 3. The van der Waals surface area contributed by atoms with Crippen molar-refractivity contribution in [2.75, 3.05) is 13.7 Å². The molecule has 0 aliphatic heterocycles. The smallest absolute Gasteiger partial charge is 0.281 e. The van der Waals surface area contributed by atoms with E-state index in [0.29, 0.717) is 0 Å². The summed E-state index contributed by atoms with van der Waals surface area (Å²) in [7, 11) is 1.42. The van der Waals surface area contributed by atoms with E-state index in [1.54, 1.807) is 6.07 Å². The second-order valence-corrected chi connectivity index (χ2v) is 2.86. The third kappa shape index (κ3) is 3.19. The lowest BCUT2D eigenvalue weighted by atomic mass is 10.1. The van der Waals surface area contributed by atoms with Gasteiger partial charge in [-0.15, -0.1) is 0 Å². The van der Waals surface area contributed by atoms with E-state index in [4.69, 9.17) is 10.5 Å². The molecule has 3 nitrogen and oxygen atoms in total. The van der Waals surface area contributed by atoms with E-state index in [9.17, 15) is 8.78 Å². The summed E-state index contributed by atoms with van der Waals surface area (Å²) in [6.45, 7) is -0.343. The number of halogens is 2. The second kappa shape index (κ2) is 5.29. The molecule has 82 valence electrons. The van der Waals surface area contributed by atoms with E-state index in [2.05, 4.69) is 4.99 Å². The highest BCUT2D eigenvalue weighted by molar-refractivity contribution is 5.71. The Morgan fingerprint density at radius 1 is 1.53 bits per heavy atom. The fraction of sp³-hybridized carbons (Fsp3) is 0.300. The number of hydrogen-bond donors (Lipinski definition) is 1. The van der Waals surface area contributed by atoms with Gasteiger partial charge < -0.3 is 10.5 Å². The van der Waals surface area contributed by atoms with Crippen LogP contribution in [0.25, 0.3) is 0 Å². The molecule has 0 fully saturated rings. The fourth-order valence-corrected chi connectivity index (χ4v) is 1.04. The van der Waals surface area contributed by atoms with Gasteiger partial charge in [0.05, 0.1) is 0 Å². The molecule has 0 heterocycles. The third-order valence-corrected chi connectivity index (χ3v) is 1.84. The second-order valence-electron chi connectivity index (χ2n) is 2.86. The molecular weight excluding hydrogens is 202 g/mol. The van der Waals surface area contributed by atoms with Crippen LogP contribution in [0.3, 0.4) is 0 Å². The molecule has 0 aromatic heterocycles. The molecule has 0 saturated heterocycles. The average molecular weight is 214 g/mol. The number of nitrogens with zero attached hydrogens (tertiary/aromatic N) is 1. The monoisotopic (exact) mass is 214 g/mol. The maximum absolute atomic E-state index is 13.4. The molecular formula is C10H12F2N2O. The Kier molecular flexibility index (Phi) is 4.03. The van der Waals surface area contributed by atoms with Gasteiger partial charge in [-0.25, -0.2) is 13.8 Å². The van der Waals surface area contributed by atoms with Crippen molar-refractivity contribution in [2.24, 2.45) is 10.7 Å². The molecule has 0 amide bonds. The Labute approximate surface area is 86.6 Å². The van der Waals surface area contributed by atoms with Gasteiger partial charge in [0.15, 0.2) is 6.17 Å². The number of hydrogen-bond acceptors (Lipinski definition) is 2. The van der Waals surface area contributed by atoms with Crippen LogP contribution >= 0.6 is 0 Å². The van der Waals surface area contributed by atoms with E-state index in [0.717, 1.165) is 0 Å². The summed E-state index contributed by atoms with van der Waals surface area (Å²) in [5.74, 6) is -0.597. The topological polar surface area (TPSA) is 47.6 Å². The Hall–Kier alpha value is -1.65. The summed E-state index contributed by atoms with van der Waals surface area (Å²) in [6, 6.07) is 5.49. The van der Waals surface area contributed by atoms with Crippen LogP contribution in [0.5, 0.6) is 0 Å². The summed E-state index contributed by atoms with van der Waals surface area (Å²) in [5.41, 5.74) is 5.16. The highest BCUT2D eigenvalue weighted by Crippen LogP contribution is 2.20. The van der Waals surface area contributed by atoms with E-state index in [-0.39, 0.29) is 18.2 Å². The molecule has 0 aliphatic carbocycles. The first kappa shape index (κ1) is 11.4. The summed E-state index contributed by atoms with van der Waals surface area (Å²) >= 11 is 0. The minimum atomic E-state index is -1.55. The molecule has 0 radical (unpaired) electrons. The summed E-state index contributed by atoms with van der Waals surface area (Å²) < 4.78 is 31.3. The molecule has 5 heteroatoms. The highest BCUT2D eigenvalue weighted by Gasteiger charge is 2.14.